The smallest absolute Gasteiger partial charge is 0.407 e. The van der Waals surface area contributed by atoms with E-state index in [0.717, 1.165) is 6.42 Å². The van der Waals surface area contributed by atoms with Crippen LogP contribution in [0.5, 0.6) is 0 Å². The van der Waals surface area contributed by atoms with Crippen molar-refractivity contribution in [3.63, 3.8) is 0 Å². The van der Waals surface area contributed by atoms with E-state index < -0.39 is 5.60 Å². The Hall–Kier alpha value is -0.770. The van der Waals surface area contributed by atoms with Crippen LogP contribution in [0.4, 0.5) is 4.79 Å². The third-order valence-corrected chi connectivity index (χ3v) is 3.97. The maximum atomic E-state index is 11.8. The molecule has 0 aromatic rings. The third kappa shape index (κ3) is 9.29. The minimum atomic E-state index is -0.438. The van der Waals surface area contributed by atoms with Crippen molar-refractivity contribution in [2.24, 2.45) is 5.92 Å². The summed E-state index contributed by atoms with van der Waals surface area (Å²) in [4.78, 5) is 11.8. The van der Waals surface area contributed by atoms with E-state index in [4.69, 9.17) is 4.74 Å². The van der Waals surface area contributed by atoms with Crippen LogP contribution in [0.2, 0.25) is 0 Å². The maximum absolute atomic E-state index is 11.8. The van der Waals surface area contributed by atoms with Gasteiger partial charge in [0.05, 0.1) is 0 Å². The fraction of sp³-hybridized carbons (Fsp3) is 0.944. The van der Waals surface area contributed by atoms with Gasteiger partial charge in [-0.1, -0.05) is 39.5 Å². The normalized spacial score (nSPS) is 18.8. The number of hydrogen-bond acceptors (Lipinski definition) is 3. The second-order valence-electron chi connectivity index (χ2n) is 8.06. The summed E-state index contributed by atoms with van der Waals surface area (Å²) in [6.07, 6.45) is 8.67. The summed E-state index contributed by atoms with van der Waals surface area (Å²) in [7, 11) is 0. The number of nitrogens with one attached hydrogen (secondary N) is 2. The van der Waals surface area contributed by atoms with Crippen LogP contribution in [0, 0.1) is 5.92 Å². The van der Waals surface area contributed by atoms with E-state index in [9.17, 15) is 4.79 Å². The summed E-state index contributed by atoms with van der Waals surface area (Å²) in [5.74, 6) is 0.615. The molecule has 0 aliphatic heterocycles. The summed E-state index contributed by atoms with van der Waals surface area (Å²) < 4.78 is 5.33. The summed E-state index contributed by atoms with van der Waals surface area (Å²) in [6.45, 7) is 10.8. The standard InChI is InChI=1S/C18H36N2O2/c1-14(2)12-16(13-19-17(21)22-18(3,4)5)20-15-10-8-6-7-9-11-15/h14-16,20H,6-13H2,1-5H3,(H,19,21). The molecule has 0 radical (unpaired) electrons. The average molecular weight is 312 g/mol. The first-order chi connectivity index (χ1) is 10.3. The molecule has 1 aliphatic rings. The molecule has 0 heterocycles. The van der Waals surface area contributed by atoms with E-state index in [1.54, 1.807) is 0 Å². The monoisotopic (exact) mass is 312 g/mol. The molecule has 1 atom stereocenters. The lowest BCUT2D eigenvalue weighted by Crippen LogP contribution is -2.47. The van der Waals surface area contributed by atoms with Gasteiger partial charge in [-0.3, -0.25) is 0 Å². The van der Waals surface area contributed by atoms with Crippen molar-refractivity contribution in [3.05, 3.63) is 0 Å². The Morgan fingerprint density at radius 3 is 2.23 bits per heavy atom. The summed E-state index contributed by atoms with van der Waals surface area (Å²) in [5.41, 5.74) is -0.438. The highest BCUT2D eigenvalue weighted by Gasteiger charge is 2.20. The van der Waals surface area contributed by atoms with Crippen molar-refractivity contribution in [1.82, 2.24) is 10.6 Å². The van der Waals surface area contributed by atoms with Crippen LogP contribution in [0.3, 0.4) is 0 Å². The van der Waals surface area contributed by atoms with Crippen molar-refractivity contribution in [2.75, 3.05) is 6.54 Å². The predicted octanol–water partition coefficient (Wildman–Crippen LogP) is 4.24. The lowest BCUT2D eigenvalue weighted by atomic mass is 10.0. The highest BCUT2D eigenvalue weighted by atomic mass is 16.6. The van der Waals surface area contributed by atoms with Gasteiger partial charge in [0.2, 0.25) is 0 Å². The van der Waals surface area contributed by atoms with Crippen molar-refractivity contribution in [2.45, 2.75) is 97.2 Å². The molecule has 1 saturated carbocycles. The molecule has 4 heteroatoms. The van der Waals surface area contributed by atoms with Gasteiger partial charge < -0.3 is 15.4 Å². The summed E-state index contributed by atoms with van der Waals surface area (Å²) >= 11 is 0. The van der Waals surface area contributed by atoms with Gasteiger partial charge in [0.15, 0.2) is 0 Å². The number of hydrogen-bond donors (Lipinski definition) is 2. The van der Waals surface area contributed by atoms with Gasteiger partial charge in [-0.15, -0.1) is 0 Å². The number of alkyl carbamates (subject to hydrolysis) is 1. The van der Waals surface area contributed by atoms with Crippen molar-refractivity contribution < 1.29 is 9.53 Å². The van der Waals surface area contributed by atoms with Crippen LogP contribution < -0.4 is 10.6 Å². The molecule has 0 aromatic carbocycles. The van der Waals surface area contributed by atoms with Crippen LogP contribution in [0.15, 0.2) is 0 Å². The first kappa shape index (κ1) is 19.3. The van der Waals surface area contributed by atoms with Gasteiger partial charge in [0.1, 0.15) is 5.60 Å². The molecule has 0 aromatic heterocycles. The van der Waals surface area contributed by atoms with Gasteiger partial charge >= 0.3 is 6.09 Å². The Labute approximate surface area is 136 Å². The Morgan fingerprint density at radius 1 is 1.14 bits per heavy atom. The molecule has 0 bridgehead atoms. The van der Waals surface area contributed by atoms with E-state index in [-0.39, 0.29) is 6.09 Å². The fourth-order valence-corrected chi connectivity index (χ4v) is 3.08. The quantitative estimate of drug-likeness (QED) is 0.721. The Bertz CT molecular complexity index is 316. The lowest BCUT2D eigenvalue weighted by molar-refractivity contribution is 0.0519. The van der Waals surface area contributed by atoms with Crippen molar-refractivity contribution in [3.8, 4) is 0 Å². The Kier molecular flexibility index (Phi) is 8.23. The van der Waals surface area contributed by atoms with E-state index in [1.807, 2.05) is 20.8 Å². The van der Waals surface area contributed by atoms with Crippen molar-refractivity contribution in [1.29, 1.82) is 0 Å². The molecule has 1 amide bonds. The molecule has 1 aliphatic carbocycles. The second kappa shape index (κ2) is 9.39. The number of ether oxygens (including phenoxy) is 1. The van der Waals surface area contributed by atoms with Crippen LogP contribution >= 0.6 is 0 Å². The van der Waals surface area contributed by atoms with Crippen molar-refractivity contribution >= 4 is 6.09 Å². The average Bonchev–Trinajstić information content (AvgIpc) is 2.62. The molecule has 4 nitrogen and oxygen atoms in total. The van der Waals surface area contributed by atoms with Gasteiger partial charge in [-0.05, 0) is 46.0 Å². The zero-order chi connectivity index (χ0) is 16.6. The lowest BCUT2D eigenvalue weighted by Gasteiger charge is -2.27. The predicted molar refractivity (Wildman–Crippen MR) is 92.1 cm³/mol. The number of carbonyl (C=O) groups is 1. The third-order valence-electron chi connectivity index (χ3n) is 3.97. The zero-order valence-corrected chi connectivity index (χ0v) is 15.2. The highest BCUT2D eigenvalue weighted by molar-refractivity contribution is 5.67. The fourth-order valence-electron chi connectivity index (χ4n) is 3.08. The highest BCUT2D eigenvalue weighted by Crippen LogP contribution is 2.18. The first-order valence-corrected chi connectivity index (χ1v) is 8.99. The van der Waals surface area contributed by atoms with Crippen LogP contribution in [0.1, 0.15) is 79.6 Å². The molecule has 1 fully saturated rings. The van der Waals surface area contributed by atoms with Crippen LogP contribution in [0.25, 0.3) is 0 Å². The number of amides is 1. The molecular weight excluding hydrogens is 276 g/mol. The van der Waals surface area contributed by atoms with Crippen LogP contribution in [-0.4, -0.2) is 30.3 Å². The first-order valence-electron chi connectivity index (χ1n) is 8.99. The molecule has 22 heavy (non-hydrogen) atoms. The Morgan fingerprint density at radius 2 is 1.73 bits per heavy atom. The van der Waals surface area contributed by atoms with Gasteiger partial charge in [-0.25, -0.2) is 4.79 Å². The maximum Gasteiger partial charge on any atom is 0.407 e. The molecule has 0 saturated heterocycles. The minimum Gasteiger partial charge on any atom is -0.444 e. The van der Waals surface area contributed by atoms with Gasteiger partial charge in [0.25, 0.3) is 0 Å². The topological polar surface area (TPSA) is 50.4 Å². The molecule has 2 N–H and O–H groups in total. The molecule has 1 rings (SSSR count). The summed E-state index contributed by atoms with van der Waals surface area (Å²) in [6, 6.07) is 0.933. The molecule has 1 unspecified atom stereocenters. The molecule has 0 spiro atoms. The van der Waals surface area contributed by atoms with E-state index in [2.05, 4.69) is 24.5 Å². The van der Waals surface area contributed by atoms with E-state index in [1.165, 1.54) is 38.5 Å². The van der Waals surface area contributed by atoms with Gasteiger partial charge in [0, 0.05) is 18.6 Å². The largest absolute Gasteiger partial charge is 0.444 e. The zero-order valence-electron chi connectivity index (χ0n) is 15.2. The SMILES string of the molecule is CC(C)CC(CNC(=O)OC(C)(C)C)NC1CCCCCC1. The number of carbonyl (C=O) groups excluding carboxylic acids is 1. The molecule has 130 valence electrons. The van der Waals surface area contributed by atoms with Crippen LogP contribution in [-0.2, 0) is 4.74 Å². The minimum absolute atomic E-state index is 0.316. The van der Waals surface area contributed by atoms with E-state index in [0.29, 0.717) is 24.5 Å². The number of rotatable bonds is 6. The van der Waals surface area contributed by atoms with Gasteiger partial charge in [-0.2, -0.15) is 0 Å². The summed E-state index contributed by atoms with van der Waals surface area (Å²) in [5, 5.41) is 6.70. The Balaban J connectivity index is 2.44. The molecular formula is C18H36N2O2. The van der Waals surface area contributed by atoms with E-state index >= 15 is 0 Å². The second-order valence-corrected chi connectivity index (χ2v) is 8.06.